The summed E-state index contributed by atoms with van der Waals surface area (Å²) >= 11 is 3.70. The highest BCUT2D eigenvalue weighted by Crippen LogP contribution is 2.55. The van der Waals surface area contributed by atoms with Gasteiger partial charge in [-0.1, -0.05) is 46.8 Å². The van der Waals surface area contributed by atoms with Crippen molar-refractivity contribution in [3.8, 4) is 11.5 Å². The number of halogens is 1. The summed E-state index contributed by atoms with van der Waals surface area (Å²) in [6.45, 7) is 17.5. The fourth-order valence-corrected chi connectivity index (χ4v) is 7.80. The standard InChI is InChI=1S/C38H47BrN2O5/c1-9-13-41-27-17-37(5,6)19-29(42)34(27)33(35-28(41)18-38(7,8)20-30(35)43)24-15-25(39)36(31(16-24)45-10-2)46-21-32(44)40-26-14-22(3)11-12-23(26)4/h11-12,14-16,33H,9-10,13,17-21H2,1-8H3,(H,40,44). The lowest BCUT2D eigenvalue weighted by molar-refractivity contribution is -0.120. The van der Waals surface area contributed by atoms with E-state index in [4.69, 9.17) is 9.47 Å². The number of carbonyl (C=O) groups excluding carboxylic acids is 3. The summed E-state index contributed by atoms with van der Waals surface area (Å²) < 4.78 is 12.8. The molecule has 1 heterocycles. The van der Waals surface area contributed by atoms with Crippen molar-refractivity contribution in [1.29, 1.82) is 0 Å². The number of hydrogen-bond donors (Lipinski definition) is 1. The van der Waals surface area contributed by atoms with Gasteiger partial charge in [0.1, 0.15) is 0 Å². The monoisotopic (exact) mass is 690 g/mol. The van der Waals surface area contributed by atoms with E-state index in [1.54, 1.807) is 0 Å². The van der Waals surface area contributed by atoms with E-state index < -0.39 is 5.92 Å². The van der Waals surface area contributed by atoms with Gasteiger partial charge in [-0.05, 0) is 102 Å². The van der Waals surface area contributed by atoms with Crippen LogP contribution < -0.4 is 14.8 Å². The molecule has 1 aliphatic heterocycles. The van der Waals surface area contributed by atoms with Crippen LogP contribution in [0.4, 0.5) is 5.69 Å². The summed E-state index contributed by atoms with van der Waals surface area (Å²) in [6.07, 6.45) is 3.31. The van der Waals surface area contributed by atoms with Crippen LogP contribution in [0.25, 0.3) is 0 Å². The van der Waals surface area contributed by atoms with Gasteiger partial charge >= 0.3 is 0 Å². The maximum atomic E-state index is 14.1. The van der Waals surface area contributed by atoms with Gasteiger partial charge in [0.15, 0.2) is 29.7 Å². The SMILES string of the molecule is CCCN1C2=C(C(=O)CC(C)(C)C2)C(c2cc(Br)c(OCC(=O)Nc3cc(C)ccc3C)c(OCC)c2)C2=C1CC(C)(C)CC2=O. The first kappa shape index (κ1) is 34.0. The molecule has 2 aromatic carbocycles. The number of hydrogen-bond acceptors (Lipinski definition) is 6. The molecule has 1 amide bonds. The molecule has 46 heavy (non-hydrogen) atoms. The molecule has 2 aliphatic carbocycles. The van der Waals surface area contributed by atoms with E-state index in [0.717, 1.165) is 70.7 Å². The lowest BCUT2D eigenvalue weighted by Gasteiger charge is -2.49. The molecule has 8 heteroatoms. The third-order valence-electron chi connectivity index (χ3n) is 9.15. The summed E-state index contributed by atoms with van der Waals surface area (Å²) in [4.78, 5) is 43.4. The van der Waals surface area contributed by atoms with Crippen molar-refractivity contribution in [2.45, 2.75) is 93.4 Å². The fourth-order valence-electron chi connectivity index (χ4n) is 7.23. The second-order valence-corrected chi connectivity index (χ2v) is 15.5. The molecule has 7 nitrogen and oxygen atoms in total. The van der Waals surface area contributed by atoms with Gasteiger partial charge in [-0.15, -0.1) is 0 Å². The van der Waals surface area contributed by atoms with E-state index >= 15 is 0 Å². The predicted molar refractivity (Wildman–Crippen MR) is 185 cm³/mol. The third-order valence-corrected chi connectivity index (χ3v) is 9.74. The second kappa shape index (κ2) is 13.0. The Morgan fingerprint density at radius 1 is 0.913 bits per heavy atom. The Labute approximate surface area is 281 Å². The van der Waals surface area contributed by atoms with Crippen LogP contribution in [0.2, 0.25) is 0 Å². The second-order valence-electron chi connectivity index (χ2n) is 14.6. The van der Waals surface area contributed by atoms with Crippen LogP contribution in [-0.4, -0.2) is 42.1 Å². The first-order valence-electron chi connectivity index (χ1n) is 16.4. The highest BCUT2D eigenvalue weighted by Gasteiger charge is 2.49. The molecule has 5 rings (SSSR count). The third kappa shape index (κ3) is 6.83. The molecule has 0 radical (unpaired) electrons. The Morgan fingerprint density at radius 3 is 2.09 bits per heavy atom. The first-order valence-corrected chi connectivity index (χ1v) is 17.2. The van der Waals surface area contributed by atoms with Gasteiger partial charge in [0.25, 0.3) is 5.91 Å². The largest absolute Gasteiger partial charge is 0.490 e. The Hall–Kier alpha value is -3.39. The Balaban J connectivity index is 1.57. The van der Waals surface area contributed by atoms with Gasteiger partial charge in [0.2, 0.25) is 0 Å². The average Bonchev–Trinajstić information content (AvgIpc) is 2.94. The lowest BCUT2D eigenvalue weighted by atomic mass is 9.63. The van der Waals surface area contributed by atoms with Crippen LogP contribution in [0.5, 0.6) is 11.5 Å². The highest BCUT2D eigenvalue weighted by molar-refractivity contribution is 9.10. The zero-order chi connectivity index (χ0) is 33.6. The predicted octanol–water partition coefficient (Wildman–Crippen LogP) is 8.58. The van der Waals surface area contributed by atoms with Crippen molar-refractivity contribution >= 4 is 39.1 Å². The van der Waals surface area contributed by atoms with Crippen LogP contribution in [0.3, 0.4) is 0 Å². The number of amides is 1. The first-order chi connectivity index (χ1) is 21.6. The summed E-state index contributed by atoms with van der Waals surface area (Å²) in [5.74, 6) is 0.269. The van der Waals surface area contributed by atoms with E-state index in [1.165, 1.54) is 0 Å². The zero-order valence-corrected chi connectivity index (χ0v) is 30.1. The number of nitrogens with zero attached hydrogens (tertiary/aromatic N) is 1. The molecule has 3 aliphatic rings. The van der Waals surface area contributed by atoms with Gasteiger partial charge < -0.3 is 19.7 Å². The number of allylic oxidation sites excluding steroid dienone is 4. The number of aryl methyl sites for hydroxylation is 2. The molecule has 0 spiro atoms. The van der Waals surface area contributed by atoms with Gasteiger partial charge in [0.05, 0.1) is 11.1 Å². The van der Waals surface area contributed by atoms with Crippen molar-refractivity contribution < 1.29 is 23.9 Å². The number of benzene rings is 2. The molecule has 0 saturated heterocycles. The Bertz CT molecular complexity index is 1600. The van der Waals surface area contributed by atoms with E-state index in [1.807, 2.05) is 51.1 Å². The maximum Gasteiger partial charge on any atom is 0.262 e. The molecule has 1 N–H and O–H groups in total. The van der Waals surface area contributed by atoms with Crippen molar-refractivity contribution in [3.63, 3.8) is 0 Å². The molecule has 0 atom stereocenters. The topological polar surface area (TPSA) is 84.9 Å². The Morgan fingerprint density at radius 2 is 1.52 bits per heavy atom. The molecule has 0 unspecified atom stereocenters. The highest BCUT2D eigenvalue weighted by atomic mass is 79.9. The number of ether oxygens (including phenoxy) is 2. The van der Waals surface area contributed by atoms with Crippen molar-refractivity contribution in [2.24, 2.45) is 10.8 Å². The van der Waals surface area contributed by atoms with Crippen molar-refractivity contribution in [1.82, 2.24) is 4.90 Å². The molecule has 0 fully saturated rings. The Kier molecular flexibility index (Phi) is 9.61. The van der Waals surface area contributed by atoms with Gasteiger partial charge in [0, 0.05) is 53.5 Å². The number of anilines is 1. The molecular weight excluding hydrogens is 644 g/mol. The molecule has 2 aromatic rings. The van der Waals surface area contributed by atoms with Crippen molar-refractivity contribution in [3.05, 3.63) is 74.0 Å². The summed E-state index contributed by atoms with van der Waals surface area (Å²) in [5.41, 5.74) is 6.78. The minimum absolute atomic E-state index is 0.0964. The fraction of sp³-hybridized carbons (Fsp3) is 0.500. The molecular formula is C38H47BrN2O5. The lowest BCUT2D eigenvalue weighted by Crippen LogP contribution is -2.44. The van der Waals surface area contributed by atoms with E-state index in [0.29, 0.717) is 35.4 Å². The van der Waals surface area contributed by atoms with Crippen molar-refractivity contribution in [2.75, 3.05) is 25.1 Å². The molecule has 0 bridgehead atoms. The summed E-state index contributed by atoms with van der Waals surface area (Å²) in [5, 5.41) is 2.94. The van der Waals surface area contributed by atoms with Gasteiger partial charge in [-0.3, -0.25) is 14.4 Å². The number of nitrogens with one attached hydrogen (secondary N) is 1. The normalized spacial score (nSPS) is 19.2. The smallest absolute Gasteiger partial charge is 0.262 e. The minimum Gasteiger partial charge on any atom is -0.490 e. The van der Waals surface area contributed by atoms with Gasteiger partial charge in [-0.25, -0.2) is 0 Å². The number of carbonyl (C=O) groups is 3. The number of Topliss-reactive ketones (excluding diaryl/α,β-unsaturated/α-hetero) is 2. The quantitative estimate of drug-likeness (QED) is 0.284. The molecule has 246 valence electrons. The van der Waals surface area contributed by atoms with E-state index in [-0.39, 0.29) is 34.9 Å². The minimum atomic E-state index is -0.498. The van der Waals surface area contributed by atoms with Gasteiger partial charge in [-0.2, -0.15) is 0 Å². The van der Waals surface area contributed by atoms with Crippen LogP contribution in [0.1, 0.15) is 96.3 Å². The average molecular weight is 692 g/mol. The van der Waals surface area contributed by atoms with Crippen LogP contribution >= 0.6 is 15.9 Å². The van der Waals surface area contributed by atoms with Crippen LogP contribution in [0.15, 0.2) is 57.3 Å². The molecule has 0 saturated carbocycles. The number of ketones is 2. The summed E-state index contributed by atoms with van der Waals surface area (Å²) in [7, 11) is 0. The number of rotatable bonds is 9. The van der Waals surface area contributed by atoms with Crippen LogP contribution in [0, 0.1) is 24.7 Å². The molecule has 0 aromatic heterocycles. The maximum absolute atomic E-state index is 14.1. The van der Waals surface area contributed by atoms with E-state index in [2.05, 4.69) is 60.8 Å². The zero-order valence-electron chi connectivity index (χ0n) is 28.5. The van der Waals surface area contributed by atoms with Crippen LogP contribution in [-0.2, 0) is 14.4 Å². The summed E-state index contributed by atoms with van der Waals surface area (Å²) in [6, 6.07) is 9.72. The van der Waals surface area contributed by atoms with E-state index in [9.17, 15) is 14.4 Å².